The number of carboxylic acid groups (broad SMARTS) is 1. The molecule has 224 valence electrons. The summed E-state index contributed by atoms with van der Waals surface area (Å²) in [4.78, 5) is 22.5. The molecule has 0 amide bonds. The van der Waals surface area contributed by atoms with E-state index in [1.54, 1.807) is 25.1 Å². The predicted molar refractivity (Wildman–Crippen MR) is 160 cm³/mol. The molecular weight excluding hydrogens is 595 g/mol. The fraction of sp³-hybridized carbons (Fsp3) is 0.419. The molecule has 4 aromatic rings. The van der Waals surface area contributed by atoms with Crippen molar-refractivity contribution < 1.29 is 28.5 Å². The van der Waals surface area contributed by atoms with Gasteiger partial charge in [0.25, 0.3) is 5.79 Å². The molecule has 4 aliphatic rings. The Morgan fingerprint density at radius 2 is 1.95 bits per heavy atom. The van der Waals surface area contributed by atoms with Gasteiger partial charge in [0.1, 0.15) is 21.3 Å². The molecule has 4 aliphatic heterocycles. The number of aromatic nitrogens is 2. The zero-order valence-electron chi connectivity index (χ0n) is 23.5. The molecule has 12 heteroatoms. The van der Waals surface area contributed by atoms with Gasteiger partial charge in [-0.2, -0.15) is 0 Å². The topological polar surface area (TPSA) is 89.3 Å². The summed E-state index contributed by atoms with van der Waals surface area (Å²) in [5.74, 6) is -0.537. The molecule has 4 atom stereocenters. The number of hydrogen-bond acceptors (Lipinski definition) is 8. The number of imidazole rings is 1. The summed E-state index contributed by atoms with van der Waals surface area (Å²) >= 11 is 7.22. The Morgan fingerprint density at radius 1 is 1.16 bits per heavy atom. The molecule has 2 aromatic heterocycles. The monoisotopic (exact) mass is 624 g/mol. The molecule has 2 aromatic carbocycles. The first-order valence-electron chi connectivity index (χ1n) is 14.6. The van der Waals surface area contributed by atoms with E-state index in [-0.39, 0.29) is 6.10 Å². The van der Waals surface area contributed by atoms with Crippen molar-refractivity contribution in [2.45, 2.75) is 63.3 Å². The molecule has 0 aliphatic carbocycles. The van der Waals surface area contributed by atoms with E-state index in [9.17, 15) is 14.3 Å². The van der Waals surface area contributed by atoms with Crippen molar-refractivity contribution in [1.82, 2.24) is 14.5 Å². The first kappa shape index (κ1) is 27.2. The number of para-hydroxylation sites is 1. The molecule has 3 fully saturated rings. The Bertz CT molecular complexity index is 1740. The van der Waals surface area contributed by atoms with E-state index >= 15 is 0 Å². The Hall–Kier alpha value is -3.38. The predicted octanol–water partition coefficient (Wildman–Crippen LogP) is 5.87. The number of carbonyl (C=O) groups is 1. The van der Waals surface area contributed by atoms with E-state index in [0.29, 0.717) is 52.1 Å². The van der Waals surface area contributed by atoms with Crippen molar-refractivity contribution in [1.29, 1.82) is 0 Å². The van der Waals surface area contributed by atoms with Gasteiger partial charge in [-0.1, -0.05) is 17.7 Å². The van der Waals surface area contributed by atoms with Crippen LogP contribution in [0.15, 0.2) is 42.5 Å². The van der Waals surface area contributed by atoms with Crippen molar-refractivity contribution in [3.05, 3.63) is 69.6 Å². The van der Waals surface area contributed by atoms with Crippen LogP contribution in [-0.4, -0.2) is 63.4 Å². The number of rotatable bonds is 7. The highest BCUT2D eigenvalue weighted by atomic mass is 35.5. The molecule has 2 bridgehead atoms. The van der Waals surface area contributed by atoms with Gasteiger partial charge in [-0.25, -0.2) is 14.2 Å². The molecule has 8 rings (SSSR count). The zero-order valence-corrected chi connectivity index (χ0v) is 25.0. The van der Waals surface area contributed by atoms with Crippen molar-refractivity contribution in [2.75, 3.05) is 24.6 Å². The second-order valence-electron chi connectivity index (χ2n) is 11.9. The molecule has 2 unspecified atom stereocenters. The maximum Gasteiger partial charge on any atom is 0.346 e. The molecule has 0 radical (unpaired) electrons. The van der Waals surface area contributed by atoms with Crippen LogP contribution in [0.1, 0.15) is 47.2 Å². The van der Waals surface area contributed by atoms with Crippen LogP contribution in [0.4, 0.5) is 10.1 Å². The first-order chi connectivity index (χ1) is 20.8. The van der Waals surface area contributed by atoms with Crippen LogP contribution >= 0.6 is 22.9 Å². The minimum atomic E-state index is -1.30. The highest BCUT2D eigenvalue weighted by Crippen LogP contribution is 2.51. The number of nitrogens with zero attached hydrogens (tertiary/aromatic N) is 4. The van der Waals surface area contributed by atoms with Gasteiger partial charge in [-0.15, -0.1) is 11.3 Å². The van der Waals surface area contributed by atoms with Gasteiger partial charge in [0, 0.05) is 43.7 Å². The lowest BCUT2D eigenvalue weighted by atomic mass is 10.1. The Labute approximate surface area is 256 Å². The van der Waals surface area contributed by atoms with Gasteiger partial charge in [0.2, 0.25) is 0 Å². The second kappa shape index (κ2) is 10.1. The van der Waals surface area contributed by atoms with Gasteiger partial charge in [-0.05, 0) is 55.7 Å². The third-order valence-electron chi connectivity index (χ3n) is 9.20. The van der Waals surface area contributed by atoms with Crippen LogP contribution < -0.4 is 14.4 Å². The number of anilines is 1. The van der Waals surface area contributed by atoms with E-state index in [1.807, 2.05) is 18.2 Å². The van der Waals surface area contributed by atoms with E-state index in [2.05, 4.69) is 14.4 Å². The van der Waals surface area contributed by atoms with Crippen LogP contribution in [0.25, 0.3) is 10.3 Å². The van der Waals surface area contributed by atoms with E-state index in [4.69, 9.17) is 30.8 Å². The van der Waals surface area contributed by atoms with Gasteiger partial charge in [0.05, 0.1) is 36.0 Å². The number of aromatic carboxylic acids is 1. The van der Waals surface area contributed by atoms with Crippen LogP contribution in [0.5, 0.6) is 11.5 Å². The standard InChI is InChI=1S/C31H30ClFN4O5S/c1-31(21-8-5-17(32)11-22(21)33)41-25-4-2-3-23(28(25)42-31)35-13-18-6-7-19(14-35)36(18)16-27-34-29-24(12-26(43-29)30(38)39)37(27)15-20-9-10-40-20/h2-5,8,11-12,18-20H,6-7,9-10,13-16H2,1H3,(H,38,39)/t18?,19?,20-,31-/m0/s1. The van der Waals surface area contributed by atoms with Gasteiger partial charge in [-0.3, -0.25) is 4.90 Å². The lowest BCUT2D eigenvalue weighted by Crippen LogP contribution is -2.53. The van der Waals surface area contributed by atoms with E-state index < -0.39 is 17.6 Å². The zero-order chi connectivity index (χ0) is 29.5. The number of carboxylic acids is 1. The fourth-order valence-electron chi connectivity index (χ4n) is 6.96. The number of fused-ring (bicyclic) bond motifs is 4. The van der Waals surface area contributed by atoms with E-state index in [1.165, 1.54) is 17.4 Å². The number of piperazine rings is 1. The highest BCUT2D eigenvalue weighted by molar-refractivity contribution is 7.20. The fourth-order valence-corrected chi connectivity index (χ4v) is 8.01. The number of benzene rings is 2. The highest BCUT2D eigenvalue weighted by Gasteiger charge is 2.45. The molecule has 9 nitrogen and oxygen atoms in total. The maximum absolute atomic E-state index is 14.9. The summed E-state index contributed by atoms with van der Waals surface area (Å²) in [6, 6.07) is 12.7. The Balaban J connectivity index is 1.04. The third kappa shape index (κ3) is 4.56. The average molecular weight is 625 g/mol. The van der Waals surface area contributed by atoms with Crippen LogP contribution in [-0.2, 0) is 23.6 Å². The normalized spacial score (nSPS) is 26.3. The van der Waals surface area contributed by atoms with Crippen LogP contribution in [0, 0.1) is 5.82 Å². The van der Waals surface area contributed by atoms with Gasteiger partial charge >= 0.3 is 5.97 Å². The first-order valence-corrected chi connectivity index (χ1v) is 15.8. The lowest BCUT2D eigenvalue weighted by molar-refractivity contribution is -0.0705. The molecule has 6 heterocycles. The number of thiophene rings is 1. The summed E-state index contributed by atoms with van der Waals surface area (Å²) < 4.78 is 35.4. The molecule has 0 spiro atoms. The number of halogens is 2. The maximum atomic E-state index is 14.9. The van der Waals surface area contributed by atoms with Gasteiger partial charge in [0.15, 0.2) is 11.5 Å². The number of ether oxygens (including phenoxy) is 3. The van der Waals surface area contributed by atoms with Crippen molar-refractivity contribution in [2.24, 2.45) is 0 Å². The van der Waals surface area contributed by atoms with Crippen LogP contribution in [0.3, 0.4) is 0 Å². The smallest absolute Gasteiger partial charge is 0.346 e. The SMILES string of the molecule is C[C@]1(c2ccc(Cl)cc2F)Oc2cccc(N3CC4CCC(C3)N4Cc3nc4sc(C(=O)O)cc4n3C[C@@H]3CCO3)c2O1. The average Bonchev–Trinajstić information content (AvgIpc) is 3.65. The summed E-state index contributed by atoms with van der Waals surface area (Å²) in [6.45, 7) is 5.49. The van der Waals surface area contributed by atoms with E-state index in [0.717, 1.165) is 60.8 Å². The van der Waals surface area contributed by atoms with Gasteiger partial charge < -0.3 is 28.8 Å². The van der Waals surface area contributed by atoms with Crippen molar-refractivity contribution >= 4 is 44.9 Å². The minimum absolute atomic E-state index is 0.132. The number of hydrogen-bond donors (Lipinski definition) is 1. The Morgan fingerprint density at radius 3 is 2.65 bits per heavy atom. The van der Waals surface area contributed by atoms with Crippen LogP contribution in [0.2, 0.25) is 5.02 Å². The minimum Gasteiger partial charge on any atom is -0.477 e. The summed E-state index contributed by atoms with van der Waals surface area (Å²) in [6.07, 6.45) is 3.28. The summed E-state index contributed by atoms with van der Waals surface area (Å²) in [5, 5.41) is 9.84. The second-order valence-corrected chi connectivity index (χ2v) is 13.3. The largest absolute Gasteiger partial charge is 0.477 e. The molecule has 1 N–H and O–H groups in total. The molecular formula is C31H30ClFN4O5S. The third-order valence-corrected chi connectivity index (χ3v) is 10.4. The Kier molecular flexibility index (Phi) is 6.38. The summed E-state index contributed by atoms with van der Waals surface area (Å²) in [7, 11) is 0. The molecule has 0 saturated carbocycles. The van der Waals surface area contributed by atoms with Crippen molar-refractivity contribution in [3.8, 4) is 11.5 Å². The summed E-state index contributed by atoms with van der Waals surface area (Å²) in [5.41, 5.74) is 2.11. The lowest BCUT2D eigenvalue weighted by Gasteiger charge is -2.42. The quantitative estimate of drug-likeness (QED) is 0.273. The van der Waals surface area contributed by atoms with Crippen molar-refractivity contribution in [3.63, 3.8) is 0 Å². The molecule has 3 saturated heterocycles. The molecule has 43 heavy (non-hydrogen) atoms.